The van der Waals surface area contributed by atoms with Gasteiger partial charge in [-0.25, -0.2) is 5.43 Å². The van der Waals surface area contributed by atoms with Crippen LogP contribution in [-0.2, 0) is 0 Å². The van der Waals surface area contributed by atoms with Crippen LogP contribution in [0.3, 0.4) is 0 Å². The predicted molar refractivity (Wildman–Crippen MR) is 108 cm³/mol. The number of rotatable bonds is 5. The molecule has 1 atom stereocenters. The molecular formula is C22H18N4O3. The van der Waals surface area contributed by atoms with E-state index in [4.69, 9.17) is 0 Å². The molecule has 0 spiro atoms. The number of phenolic OH excluding ortho intramolecular Hbond substituents is 2. The first-order valence-electron chi connectivity index (χ1n) is 8.95. The lowest BCUT2D eigenvalue weighted by Crippen LogP contribution is -2.40. The molecule has 7 heteroatoms. The normalized spacial score (nSPS) is 11.9. The van der Waals surface area contributed by atoms with Crippen molar-refractivity contribution >= 4 is 16.8 Å². The van der Waals surface area contributed by atoms with Crippen molar-refractivity contribution in [3.63, 3.8) is 0 Å². The molecule has 0 saturated carbocycles. The summed E-state index contributed by atoms with van der Waals surface area (Å²) in [5.74, 6) is -0.195. The van der Waals surface area contributed by atoms with Gasteiger partial charge in [0.15, 0.2) is 0 Å². The number of carbonyl (C=O) groups is 1. The molecule has 0 radical (unpaired) electrons. The molecule has 2 aromatic carbocycles. The zero-order valence-electron chi connectivity index (χ0n) is 15.3. The molecule has 1 unspecified atom stereocenters. The van der Waals surface area contributed by atoms with Crippen molar-refractivity contribution in [2.45, 2.75) is 6.04 Å². The third kappa shape index (κ3) is 3.85. The van der Waals surface area contributed by atoms with Crippen molar-refractivity contribution in [2.75, 3.05) is 0 Å². The number of hydrazine groups is 1. The van der Waals surface area contributed by atoms with E-state index in [-0.39, 0.29) is 17.4 Å². The zero-order chi connectivity index (χ0) is 20.2. The maximum absolute atomic E-state index is 12.4. The van der Waals surface area contributed by atoms with E-state index in [1.54, 1.807) is 54.7 Å². The van der Waals surface area contributed by atoms with Crippen molar-refractivity contribution in [3.8, 4) is 11.5 Å². The van der Waals surface area contributed by atoms with Gasteiger partial charge in [0, 0.05) is 35.1 Å². The van der Waals surface area contributed by atoms with Crippen molar-refractivity contribution in [1.82, 2.24) is 20.8 Å². The fraction of sp³-hybridized carbons (Fsp3) is 0.0455. The number of nitrogens with one attached hydrogen (secondary N) is 2. The van der Waals surface area contributed by atoms with Gasteiger partial charge >= 0.3 is 0 Å². The molecule has 0 saturated heterocycles. The maximum Gasteiger partial charge on any atom is 0.265 e. The van der Waals surface area contributed by atoms with Gasteiger partial charge in [0.1, 0.15) is 17.0 Å². The first-order chi connectivity index (χ1) is 14.1. The Hall–Kier alpha value is -3.97. The SMILES string of the molecule is O=C(NNC(c1ccc(O)cc1)c1ccc2cccnc2c1O)c1ccncc1. The van der Waals surface area contributed by atoms with Crippen LogP contribution in [0.15, 0.2) is 79.3 Å². The summed E-state index contributed by atoms with van der Waals surface area (Å²) in [5.41, 5.74) is 7.85. The lowest BCUT2D eigenvalue weighted by molar-refractivity contribution is 0.0927. The Kier molecular flexibility index (Phi) is 5.05. The average molecular weight is 386 g/mol. The summed E-state index contributed by atoms with van der Waals surface area (Å²) >= 11 is 0. The number of carbonyl (C=O) groups excluding carboxylic acids is 1. The molecule has 0 fully saturated rings. The van der Waals surface area contributed by atoms with Gasteiger partial charge in [-0.05, 0) is 35.9 Å². The van der Waals surface area contributed by atoms with Gasteiger partial charge in [-0.1, -0.05) is 30.3 Å². The van der Waals surface area contributed by atoms with Crippen LogP contribution in [0.1, 0.15) is 27.5 Å². The Morgan fingerprint density at radius 2 is 1.66 bits per heavy atom. The molecule has 2 heterocycles. The first-order valence-corrected chi connectivity index (χ1v) is 8.95. The van der Waals surface area contributed by atoms with Crippen LogP contribution in [0.4, 0.5) is 0 Å². The minimum absolute atomic E-state index is 0.0202. The van der Waals surface area contributed by atoms with E-state index in [2.05, 4.69) is 20.8 Å². The Morgan fingerprint density at radius 3 is 2.41 bits per heavy atom. The number of hydrogen-bond donors (Lipinski definition) is 4. The van der Waals surface area contributed by atoms with Gasteiger partial charge in [-0.15, -0.1) is 0 Å². The van der Waals surface area contributed by atoms with Crippen LogP contribution in [0.5, 0.6) is 11.5 Å². The fourth-order valence-corrected chi connectivity index (χ4v) is 3.10. The highest BCUT2D eigenvalue weighted by Gasteiger charge is 2.21. The van der Waals surface area contributed by atoms with Gasteiger partial charge in [-0.2, -0.15) is 0 Å². The molecule has 0 aliphatic heterocycles. The maximum atomic E-state index is 12.4. The monoisotopic (exact) mass is 386 g/mol. The highest BCUT2D eigenvalue weighted by atomic mass is 16.3. The minimum Gasteiger partial charge on any atom is -0.508 e. The van der Waals surface area contributed by atoms with Gasteiger partial charge in [-0.3, -0.25) is 20.2 Å². The van der Waals surface area contributed by atoms with Crippen LogP contribution in [0, 0.1) is 0 Å². The predicted octanol–water partition coefficient (Wildman–Crippen LogP) is 3.07. The summed E-state index contributed by atoms with van der Waals surface area (Å²) in [4.78, 5) is 20.6. The summed E-state index contributed by atoms with van der Waals surface area (Å²) < 4.78 is 0. The Bertz CT molecular complexity index is 1150. The Labute approximate surface area is 166 Å². The molecule has 1 amide bonds. The molecule has 2 aromatic heterocycles. The van der Waals surface area contributed by atoms with Crippen molar-refractivity contribution < 1.29 is 15.0 Å². The van der Waals surface area contributed by atoms with E-state index in [9.17, 15) is 15.0 Å². The van der Waals surface area contributed by atoms with Gasteiger partial charge in [0.25, 0.3) is 5.91 Å². The molecule has 0 aliphatic rings. The van der Waals surface area contributed by atoms with E-state index in [0.29, 0.717) is 16.6 Å². The summed E-state index contributed by atoms with van der Waals surface area (Å²) in [6, 6.07) is 16.4. The number of aromatic hydroxyl groups is 2. The lowest BCUT2D eigenvalue weighted by Gasteiger charge is -2.22. The second-order valence-electron chi connectivity index (χ2n) is 6.44. The molecule has 4 rings (SSSR count). The lowest BCUT2D eigenvalue weighted by atomic mass is 9.97. The number of hydrogen-bond acceptors (Lipinski definition) is 6. The quantitative estimate of drug-likeness (QED) is 0.393. The highest BCUT2D eigenvalue weighted by molar-refractivity contribution is 5.93. The molecule has 0 aliphatic carbocycles. The topological polar surface area (TPSA) is 107 Å². The first kappa shape index (κ1) is 18.4. The van der Waals surface area contributed by atoms with Crippen LogP contribution in [-0.4, -0.2) is 26.1 Å². The zero-order valence-corrected chi connectivity index (χ0v) is 15.3. The van der Waals surface area contributed by atoms with Crippen molar-refractivity contribution in [1.29, 1.82) is 0 Å². The van der Waals surface area contributed by atoms with E-state index in [1.807, 2.05) is 12.1 Å². The molecule has 29 heavy (non-hydrogen) atoms. The minimum atomic E-state index is -0.576. The molecular weight excluding hydrogens is 368 g/mol. The van der Waals surface area contributed by atoms with E-state index in [1.165, 1.54) is 12.4 Å². The molecule has 7 nitrogen and oxygen atoms in total. The molecule has 4 N–H and O–H groups in total. The average Bonchev–Trinajstić information content (AvgIpc) is 2.77. The van der Waals surface area contributed by atoms with Crippen molar-refractivity contribution in [2.24, 2.45) is 0 Å². The largest absolute Gasteiger partial charge is 0.508 e. The number of fused-ring (bicyclic) bond motifs is 1. The van der Waals surface area contributed by atoms with Crippen LogP contribution in [0.2, 0.25) is 0 Å². The van der Waals surface area contributed by atoms with Crippen LogP contribution >= 0.6 is 0 Å². The highest BCUT2D eigenvalue weighted by Crippen LogP contribution is 2.34. The van der Waals surface area contributed by atoms with Gasteiger partial charge in [0.2, 0.25) is 0 Å². The number of pyridine rings is 2. The van der Waals surface area contributed by atoms with Crippen LogP contribution < -0.4 is 10.9 Å². The van der Waals surface area contributed by atoms with E-state index < -0.39 is 6.04 Å². The second-order valence-corrected chi connectivity index (χ2v) is 6.44. The summed E-state index contributed by atoms with van der Waals surface area (Å²) in [5, 5.41) is 21.3. The number of amides is 1. The fourth-order valence-electron chi connectivity index (χ4n) is 3.10. The number of nitrogens with zero attached hydrogens (tertiary/aromatic N) is 2. The smallest absolute Gasteiger partial charge is 0.265 e. The Balaban J connectivity index is 1.70. The van der Waals surface area contributed by atoms with Crippen LogP contribution in [0.25, 0.3) is 10.9 Å². The van der Waals surface area contributed by atoms with Crippen molar-refractivity contribution in [3.05, 3.63) is 95.9 Å². The van der Waals surface area contributed by atoms with Gasteiger partial charge < -0.3 is 10.2 Å². The number of benzene rings is 2. The summed E-state index contributed by atoms with van der Waals surface area (Å²) in [6.45, 7) is 0. The summed E-state index contributed by atoms with van der Waals surface area (Å²) in [6.07, 6.45) is 4.68. The van der Waals surface area contributed by atoms with E-state index >= 15 is 0 Å². The third-order valence-corrected chi connectivity index (χ3v) is 4.59. The third-order valence-electron chi connectivity index (χ3n) is 4.59. The van der Waals surface area contributed by atoms with Gasteiger partial charge in [0.05, 0.1) is 6.04 Å². The number of aromatic nitrogens is 2. The standard InChI is InChI=1S/C22H18N4O3/c27-17-6-3-15(4-7-17)19(25-26-22(29)16-9-12-23-13-10-16)18-8-5-14-2-1-11-24-20(14)21(18)28/h1-13,19,25,27-28H,(H,26,29). The number of phenols is 2. The molecule has 0 bridgehead atoms. The molecule has 4 aromatic rings. The molecule has 144 valence electrons. The second kappa shape index (κ2) is 7.95. The summed E-state index contributed by atoms with van der Waals surface area (Å²) in [7, 11) is 0. The van der Waals surface area contributed by atoms with E-state index in [0.717, 1.165) is 10.9 Å². The Morgan fingerprint density at radius 1 is 0.897 bits per heavy atom.